The largest absolute Gasteiger partial charge is 0.464 e. The van der Waals surface area contributed by atoms with Gasteiger partial charge in [0.25, 0.3) is 0 Å². The van der Waals surface area contributed by atoms with E-state index in [0.717, 1.165) is 0 Å². The number of aliphatic hydroxyl groups is 1. The number of methoxy groups -OCH3 is 2. The van der Waals surface area contributed by atoms with Crippen molar-refractivity contribution in [2.24, 2.45) is 5.92 Å². The molecule has 2 rings (SSSR count). The fourth-order valence-corrected chi connectivity index (χ4v) is 3.75. The predicted molar refractivity (Wildman–Crippen MR) is 64.3 cm³/mol. The third kappa shape index (κ3) is 1.82. The van der Waals surface area contributed by atoms with Crippen molar-refractivity contribution < 1.29 is 24.2 Å². The Morgan fingerprint density at radius 3 is 2.72 bits per heavy atom. The Morgan fingerprint density at radius 2 is 2.22 bits per heavy atom. The standard InChI is InChI=1S/C11H15NO5S/c1-5(13)7-9(14)12-8(11(15)17-3)6(4-16-2)18-10(7)12/h5,7,10,13H,4H2,1-3H3/t5?,7?,10-/m1/s1. The SMILES string of the molecule is COCC1=C(C(=O)OC)N2C(=O)C(C(C)O)[C@H]2S1. The van der Waals surface area contributed by atoms with Crippen LogP contribution < -0.4 is 0 Å². The first-order valence-corrected chi connectivity index (χ1v) is 6.39. The van der Waals surface area contributed by atoms with Crippen LogP contribution in [-0.2, 0) is 19.1 Å². The maximum absolute atomic E-state index is 11.9. The number of amides is 1. The third-order valence-corrected chi connectivity index (χ3v) is 4.37. The number of rotatable bonds is 4. The average molecular weight is 273 g/mol. The quantitative estimate of drug-likeness (QED) is 0.571. The molecule has 2 aliphatic rings. The number of fused-ring (bicyclic) bond motifs is 1. The van der Waals surface area contributed by atoms with Crippen molar-refractivity contribution in [3.8, 4) is 0 Å². The number of ether oxygens (including phenoxy) is 2. The van der Waals surface area contributed by atoms with Crippen molar-refractivity contribution in [2.75, 3.05) is 20.8 Å². The van der Waals surface area contributed by atoms with Gasteiger partial charge in [-0.1, -0.05) is 11.8 Å². The van der Waals surface area contributed by atoms with Crippen LogP contribution in [0.15, 0.2) is 10.6 Å². The van der Waals surface area contributed by atoms with Crippen molar-refractivity contribution in [3.05, 3.63) is 10.6 Å². The Balaban J connectivity index is 2.27. The molecule has 0 spiro atoms. The van der Waals surface area contributed by atoms with E-state index in [-0.39, 0.29) is 23.6 Å². The van der Waals surface area contributed by atoms with Gasteiger partial charge in [-0.05, 0) is 6.92 Å². The van der Waals surface area contributed by atoms with Crippen molar-refractivity contribution >= 4 is 23.6 Å². The van der Waals surface area contributed by atoms with E-state index in [1.165, 1.54) is 30.9 Å². The van der Waals surface area contributed by atoms with Crippen LogP contribution in [-0.4, -0.2) is 54.2 Å². The number of thioether (sulfide) groups is 1. The van der Waals surface area contributed by atoms with Gasteiger partial charge in [0.2, 0.25) is 5.91 Å². The second kappa shape index (κ2) is 4.91. The number of esters is 1. The molecule has 2 aliphatic heterocycles. The van der Waals surface area contributed by atoms with Gasteiger partial charge in [-0.15, -0.1) is 0 Å². The summed E-state index contributed by atoms with van der Waals surface area (Å²) in [4.78, 5) is 25.7. The summed E-state index contributed by atoms with van der Waals surface area (Å²) in [5, 5.41) is 9.34. The number of β-lactam (4-membered cyclic amide) rings is 1. The molecule has 7 heteroatoms. The van der Waals surface area contributed by atoms with E-state index in [1.54, 1.807) is 6.92 Å². The minimum Gasteiger partial charge on any atom is -0.464 e. The van der Waals surface area contributed by atoms with E-state index in [1.807, 2.05) is 0 Å². The summed E-state index contributed by atoms with van der Waals surface area (Å²) in [5.41, 5.74) is 0.247. The molecule has 3 atom stereocenters. The van der Waals surface area contributed by atoms with Gasteiger partial charge in [-0.25, -0.2) is 4.79 Å². The smallest absolute Gasteiger partial charge is 0.355 e. The normalized spacial score (nSPS) is 28.0. The summed E-state index contributed by atoms with van der Waals surface area (Å²) in [6, 6.07) is 0. The third-order valence-electron chi connectivity index (χ3n) is 3.03. The fourth-order valence-electron chi connectivity index (χ4n) is 2.17. The van der Waals surface area contributed by atoms with Crippen LogP contribution in [0.5, 0.6) is 0 Å². The summed E-state index contributed by atoms with van der Waals surface area (Å²) < 4.78 is 9.70. The molecule has 1 amide bonds. The molecule has 1 saturated heterocycles. The summed E-state index contributed by atoms with van der Waals surface area (Å²) in [6.07, 6.45) is -0.730. The van der Waals surface area contributed by atoms with Gasteiger partial charge >= 0.3 is 5.97 Å². The van der Waals surface area contributed by atoms with Gasteiger partial charge in [-0.3, -0.25) is 9.69 Å². The lowest BCUT2D eigenvalue weighted by molar-refractivity contribution is -0.157. The highest BCUT2D eigenvalue weighted by Crippen LogP contribution is 2.50. The molecule has 0 saturated carbocycles. The molecule has 18 heavy (non-hydrogen) atoms. The molecule has 0 bridgehead atoms. The molecule has 0 aromatic heterocycles. The topological polar surface area (TPSA) is 76.1 Å². The van der Waals surface area contributed by atoms with E-state index in [2.05, 4.69) is 4.74 Å². The number of nitrogens with zero attached hydrogens (tertiary/aromatic N) is 1. The lowest BCUT2D eigenvalue weighted by Crippen LogP contribution is -2.60. The molecule has 2 heterocycles. The molecule has 0 aromatic carbocycles. The number of carbonyl (C=O) groups is 2. The molecule has 6 nitrogen and oxygen atoms in total. The van der Waals surface area contributed by atoms with Gasteiger partial charge < -0.3 is 14.6 Å². The first-order valence-electron chi connectivity index (χ1n) is 5.51. The zero-order chi connectivity index (χ0) is 13.4. The first kappa shape index (κ1) is 13.4. The predicted octanol–water partition coefficient (Wildman–Crippen LogP) is -0.0705. The van der Waals surface area contributed by atoms with Gasteiger partial charge in [0, 0.05) is 12.0 Å². The van der Waals surface area contributed by atoms with Gasteiger partial charge in [-0.2, -0.15) is 0 Å². The van der Waals surface area contributed by atoms with Gasteiger partial charge in [0.1, 0.15) is 11.1 Å². The van der Waals surface area contributed by atoms with Crippen LogP contribution >= 0.6 is 11.8 Å². The Hall–Kier alpha value is -1.05. The molecule has 1 fully saturated rings. The molecule has 0 radical (unpaired) electrons. The molecule has 0 aliphatic carbocycles. The molecular formula is C11H15NO5S. The highest BCUT2D eigenvalue weighted by atomic mass is 32.2. The average Bonchev–Trinajstić information content (AvgIpc) is 2.63. The van der Waals surface area contributed by atoms with Gasteiger partial charge in [0.15, 0.2) is 0 Å². The van der Waals surface area contributed by atoms with Gasteiger partial charge in [0.05, 0.1) is 25.7 Å². The number of hydrogen-bond donors (Lipinski definition) is 1. The number of carbonyl (C=O) groups excluding carboxylic acids is 2. The monoisotopic (exact) mass is 273 g/mol. The Labute approximate surface area is 109 Å². The van der Waals surface area contributed by atoms with E-state index >= 15 is 0 Å². The van der Waals surface area contributed by atoms with Crippen LogP contribution in [0.2, 0.25) is 0 Å². The fraction of sp³-hybridized carbons (Fsp3) is 0.636. The second-order valence-corrected chi connectivity index (χ2v) is 5.39. The van der Waals surface area contributed by atoms with Crippen LogP contribution in [0.1, 0.15) is 6.92 Å². The molecule has 100 valence electrons. The highest BCUT2D eigenvalue weighted by Gasteiger charge is 2.57. The minimum atomic E-state index is -0.730. The van der Waals surface area contributed by atoms with E-state index in [0.29, 0.717) is 4.91 Å². The van der Waals surface area contributed by atoms with Crippen LogP contribution in [0.3, 0.4) is 0 Å². The minimum absolute atomic E-state index is 0.225. The van der Waals surface area contributed by atoms with Crippen LogP contribution in [0.4, 0.5) is 0 Å². The lowest BCUT2D eigenvalue weighted by Gasteiger charge is -2.43. The Bertz CT molecular complexity index is 420. The summed E-state index contributed by atoms with van der Waals surface area (Å²) in [5.74, 6) is -1.26. The maximum atomic E-state index is 11.9. The molecular weight excluding hydrogens is 258 g/mol. The maximum Gasteiger partial charge on any atom is 0.355 e. The zero-order valence-electron chi connectivity index (χ0n) is 10.4. The van der Waals surface area contributed by atoms with Crippen molar-refractivity contribution in [1.29, 1.82) is 0 Å². The first-order chi connectivity index (χ1) is 8.52. The van der Waals surface area contributed by atoms with E-state index < -0.39 is 18.0 Å². The zero-order valence-corrected chi connectivity index (χ0v) is 11.2. The number of hydrogen-bond acceptors (Lipinski definition) is 6. The van der Waals surface area contributed by atoms with E-state index in [9.17, 15) is 14.7 Å². The molecule has 1 N–H and O–H groups in total. The summed E-state index contributed by atoms with van der Waals surface area (Å²) in [7, 11) is 2.79. The highest BCUT2D eigenvalue weighted by molar-refractivity contribution is 8.04. The lowest BCUT2D eigenvalue weighted by atomic mass is 9.92. The summed E-state index contributed by atoms with van der Waals surface area (Å²) in [6.45, 7) is 1.83. The van der Waals surface area contributed by atoms with E-state index in [4.69, 9.17) is 4.74 Å². The molecule has 2 unspecified atom stereocenters. The summed E-state index contributed by atoms with van der Waals surface area (Å²) >= 11 is 1.38. The molecule has 0 aromatic rings. The van der Waals surface area contributed by atoms with Crippen molar-refractivity contribution in [1.82, 2.24) is 4.90 Å². The Morgan fingerprint density at radius 1 is 1.56 bits per heavy atom. The van der Waals surface area contributed by atoms with Crippen molar-refractivity contribution in [2.45, 2.75) is 18.4 Å². The van der Waals surface area contributed by atoms with Crippen LogP contribution in [0.25, 0.3) is 0 Å². The van der Waals surface area contributed by atoms with Crippen molar-refractivity contribution in [3.63, 3.8) is 0 Å². The Kier molecular flexibility index (Phi) is 3.65. The number of aliphatic hydroxyl groups excluding tert-OH is 1. The van der Waals surface area contributed by atoms with Crippen LogP contribution in [0, 0.1) is 5.92 Å². The second-order valence-electron chi connectivity index (χ2n) is 4.18.